The van der Waals surface area contributed by atoms with Gasteiger partial charge in [0.15, 0.2) is 0 Å². The van der Waals surface area contributed by atoms with E-state index in [4.69, 9.17) is 0 Å². The van der Waals surface area contributed by atoms with Crippen LogP contribution in [0.5, 0.6) is 0 Å². The predicted molar refractivity (Wildman–Crippen MR) is 97.6 cm³/mol. The highest BCUT2D eigenvalue weighted by Gasteiger charge is 2.28. The van der Waals surface area contributed by atoms with Gasteiger partial charge in [-0.25, -0.2) is 9.97 Å². The predicted octanol–water partition coefficient (Wildman–Crippen LogP) is 2.46. The van der Waals surface area contributed by atoms with Crippen LogP contribution in [0.4, 0.5) is 0 Å². The van der Waals surface area contributed by atoms with E-state index in [9.17, 15) is 4.79 Å². The number of imidazole rings is 2. The monoisotopic (exact) mass is 350 g/mol. The van der Waals surface area contributed by atoms with E-state index in [-0.39, 0.29) is 11.9 Å². The van der Waals surface area contributed by atoms with Crippen LogP contribution in [0.25, 0.3) is 11.4 Å². The summed E-state index contributed by atoms with van der Waals surface area (Å²) in [5.41, 5.74) is 2.60. The molecular formula is C19H22N6O. The average molecular weight is 350 g/mol. The van der Waals surface area contributed by atoms with Gasteiger partial charge in [0, 0.05) is 56.2 Å². The summed E-state index contributed by atoms with van der Waals surface area (Å²) in [6, 6.07) is 4.14. The third-order valence-corrected chi connectivity index (χ3v) is 4.87. The number of nitrogens with zero attached hydrogens (tertiary/aromatic N) is 6. The fourth-order valence-corrected chi connectivity index (χ4v) is 3.65. The van der Waals surface area contributed by atoms with Gasteiger partial charge < -0.3 is 14.0 Å². The standard InChI is InChI=1S/C19H22N6O/c1-14-9-21-18(15-5-3-7-20-10-15)25(14)16-6-4-8-24(11-16)19(26)17-12-23(2)13-22-17/h3,5,7,9-10,12-13,16H,4,6,8,11H2,1-2H3. The Morgan fingerprint density at radius 1 is 1.27 bits per heavy atom. The molecule has 0 radical (unpaired) electrons. The summed E-state index contributed by atoms with van der Waals surface area (Å²) in [6.45, 7) is 3.49. The number of likely N-dealkylation sites (tertiary alicyclic amines) is 1. The smallest absolute Gasteiger partial charge is 0.274 e. The first-order valence-electron chi connectivity index (χ1n) is 8.85. The molecule has 4 heterocycles. The number of rotatable bonds is 3. The van der Waals surface area contributed by atoms with Crippen LogP contribution in [0.2, 0.25) is 0 Å². The Morgan fingerprint density at radius 2 is 2.15 bits per heavy atom. The van der Waals surface area contributed by atoms with Gasteiger partial charge in [-0.3, -0.25) is 9.78 Å². The Bertz CT molecular complexity index is 913. The van der Waals surface area contributed by atoms with Gasteiger partial charge in [0.25, 0.3) is 5.91 Å². The van der Waals surface area contributed by atoms with Crippen LogP contribution in [0.3, 0.4) is 0 Å². The Balaban J connectivity index is 1.61. The normalized spacial score (nSPS) is 17.5. The zero-order chi connectivity index (χ0) is 18.1. The minimum Gasteiger partial charge on any atom is -0.340 e. The highest BCUT2D eigenvalue weighted by atomic mass is 16.2. The molecular weight excluding hydrogens is 328 g/mol. The van der Waals surface area contributed by atoms with E-state index in [1.54, 1.807) is 23.3 Å². The summed E-state index contributed by atoms with van der Waals surface area (Å²) in [6.07, 6.45) is 10.9. The van der Waals surface area contributed by atoms with Crippen molar-refractivity contribution < 1.29 is 4.79 Å². The Labute approximate surface area is 152 Å². The van der Waals surface area contributed by atoms with E-state index in [0.717, 1.165) is 36.5 Å². The van der Waals surface area contributed by atoms with E-state index in [1.165, 1.54) is 0 Å². The molecule has 1 saturated heterocycles. The van der Waals surface area contributed by atoms with E-state index >= 15 is 0 Å². The van der Waals surface area contributed by atoms with Gasteiger partial charge in [0.1, 0.15) is 11.5 Å². The molecule has 4 rings (SSSR count). The lowest BCUT2D eigenvalue weighted by Gasteiger charge is -2.34. The van der Waals surface area contributed by atoms with Crippen LogP contribution in [-0.4, -0.2) is 48.0 Å². The van der Waals surface area contributed by atoms with Crippen LogP contribution in [-0.2, 0) is 7.05 Å². The maximum Gasteiger partial charge on any atom is 0.274 e. The lowest BCUT2D eigenvalue weighted by molar-refractivity contribution is 0.0673. The summed E-state index contributed by atoms with van der Waals surface area (Å²) in [5, 5.41) is 0. The molecule has 7 nitrogen and oxygen atoms in total. The quantitative estimate of drug-likeness (QED) is 0.728. The zero-order valence-corrected chi connectivity index (χ0v) is 15.0. The van der Waals surface area contributed by atoms with Crippen molar-refractivity contribution in [1.29, 1.82) is 0 Å². The number of aryl methyl sites for hydroxylation is 2. The first kappa shape index (κ1) is 16.5. The third-order valence-electron chi connectivity index (χ3n) is 4.87. The van der Waals surface area contributed by atoms with Gasteiger partial charge in [-0.05, 0) is 31.9 Å². The van der Waals surface area contributed by atoms with Gasteiger partial charge in [-0.1, -0.05) is 0 Å². The lowest BCUT2D eigenvalue weighted by atomic mass is 10.0. The summed E-state index contributed by atoms with van der Waals surface area (Å²) in [4.78, 5) is 27.7. The van der Waals surface area contributed by atoms with Crippen molar-refractivity contribution in [3.63, 3.8) is 0 Å². The van der Waals surface area contributed by atoms with Crippen molar-refractivity contribution >= 4 is 5.91 Å². The second kappa shape index (κ2) is 6.74. The van der Waals surface area contributed by atoms with Crippen molar-refractivity contribution in [2.45, 2.75) is 25.8 Å². The third kappa shape index (κ3) is 3.00. The van der Waals surface area contributed by atoms with Gasteiger partial charge in [-0.2, -0.15) is 0 Å². The van der Waals surface area contributed by atoms with Crippen molar-refractivity contribution in [2.75, 3.05) is 13.1 Å². The molecule has 3 aromatic rings. The van der Waals surface area contributed by atoms with Crippen LogP contribution in [0.1, 0.15) is 35.1 Å². The average Bonchev–Trinajstić information content (AvgIpc) is 3.28. The molecule has 1 unspecified atom stereocenters. The molecule has 1 atom stereocenters. The number of amides is 1. The first-order valence-corrected chi connectivity index (χ1v) is 8.85. The van der Waals surface area contributed by atoms with Gasteiger partial charge in [0.2, 0.25) is 0 Å². The number of hydrogen-bond donors (Lipinski definition) is 0. The number of aromatic nitrogens is 5. The van der Waals surface area contributed by atoms with Gasteiger partial charge >= 0.3 is 0 Å². The maximum absolute atomic E-state index is 12.8. The van der Waals surface area contributed by atoms with E-state index in [1.807, 2.05) is 36.5 Å². The van der Waals surface area contributed by atoms with Crippen LogP contribution in [0, 0.1) is 6.92 Å². The lowest BCUT2D eigenvalue weighted by Crippen LogP contribution is -2.41. The molecule has 0 spiro atoms. The van der Waals surface area contributed by atoms with Crippen LogP contribution < -0.4 is 0 Å². The van der Waals surface area contributed by atoms with E-state index < -0.39 is 0 Å². The molecule has 0 bridgehead atoms. The number of pyridine rings is 1. The second-order valence-electron chi connectivity index (χ2n) is 6.81. The van der Waals surface area contributed by atoms with Crippen LogP contribution >= 0.6 is 0 Å². The van der Waals surface area contributed by atoms with Crippen molar-refractivity contribution in [3.05, 3.63) is 54.6 Å². The molecule has 1 fully saturated rings. The molecule has 3 aromatic heterocycles. The maximum atomic E-state index is 12.8. The van der Waals surface area contributed by atoms with Crippen molar-refractivity contribution in [1.82, 2.24) is 29.0 Å². The van der Waals surface area contributed by atoms with E-state index in [0.29, 0.717) is 12.2 Å². The minimum absolute atomic E-state index is 0.00371. The number of carbonyl (C=O) groups is 1. The Kier molecular flexibility index (Phi) is 4.28. The summed E-state index contributed by atoms with van der Waals surface area (Å²) in [5.74, 6) is 0.906. The second-order valence-corrected chi connectivity index (χ2v) is 6.81. The summed E-state index contributed by atoms with van der Waals surface area (Å²) < 4.78 is 4.05. The SMILES string of the molecule is Cc1cnc(-c2cccnc2)n1C1CCCN(C(=O)c2cn(C)cn2)C1. The van der Waals surface area contributed by atoms with Gasteiger partial charge in [-0.15, -0.1) is 0 Å². The minimum atomic E-state index is -0.00371. The number of carbonyl (C=O) groups excluding carboxylic acids is 1. The van der Waals surface area contributed by atoms with E-state index in [2.05, 4.69) is 26.4 Å². The topological polar surface area (TPSA) is 68.8 Å². The number of hydrogen-bond acceptors (Lipinski definition) is 4. The summed E-state index contributed by atoms with van der Waals surface area (Å²) in [7, 11) is 1.87. The fourth-order valence-electron chi connectivity index (χ4n) is 3.65. The number of piperidine rings is 1. The highest BCUT2D eigenvalue weighted by molar-refractivity contribution is 5.92. The molecule has 1 aliphatic rings. The molecule has 1 amide bonds. The molecule has 0 aromatic carbocycles. The van der Waals surface area contributed by atoms with Crippen LogP contribution in [0.15, 0.2) is 43.2 Å². The molecule has 7 heteroatoms. The summed E-state index contributed by atoms with van der Waals surface area (Å²) >= 11 is 0. The Morgan fingerprint density at radius 3 is 2.88 bits per heavy atom. The molecule has 0 saturated carbocycles. The zero-order valence-electron chi connectivity index (χ0n) is 15.0. The van der Waals surface area contributed by atoms with Crippen molar-refractivity contribution in [2.24, 2.45) is 7.05 Å². The van der Waals surface area contributed by atoms with Crippen molar-refractivity contribution in [3.8, 4) is 11.4 Å². The molecule has 0 N–H and O–H groups in total. The first-order chi connectivity index (χ1) is 12.6. The molecule has 1 aliphatic heterocycles. The molecule has 26 heavy (non-hydrogen) atoms. The molecule has 0 aliphatic carbocycles. The van der Waals surface area contributed by atoms with Gasteiger partial charge in [0.05, 0.1) is 12.4 Å². The Hall–Kier alpha value is -2.96. The highest BCUT2D eigenvalue weighted by Crippen LogP contribution is 2.29. The largest absolute Gasteiger partial charge is 0.340 e. The fraction of sp³-hybridized carbons (Fsp3) is 0.368. The molecule has 134 valence electrons.